The molecule has 1 aromatic carbocycles. The van der Waals surface area contributed by atoms with E-state index >= 15 is 0 Å². The highest BCUT2D eigenvalue weighted by Crippen LogP contribution is 2.23. The highest BCUT2D eigenvalue weighted by molar-refractivity contribution is 6.06. The van der Waals surface area contributed by atoms with E-state index < -0.39 is 0 Å². The smallest absolute Gasteiger partial charge is 0.256 e. The number of H-pyrrole nitrogens is 1. The molecule has 3 heterocycles. The van der Waals surface area contributed by atoms with Crippen molar-refractivity contribution in [2.75, 3.05) is 13.1 Å². The highest BCUT2D eigenvalue weighted by Gasteiger charge is 2.33. The molecular formula is C17H15N3O2. The Kier molecular flexibility index (Phi) is 3.04. The number of aromatic nitrogens is 2. The first-order valence-corrected chi connectivity index (χ1v) is 7.24. The number of benzene rings is 1. The largest absolute Gasteiger partial charge is 0.471 e. The van der Waals surface area contributed by atoms with E-state index in [0.717, 1.165) is 10.9 Å². The van der Waals surface area contributed by atoms with Crippen LogP contribution < -0.4 is 4.74 Å². The molecule has 1 saturated heterocycles. The number of ether oxygens (including phenoxy) is 1. The van der Waals surface area contributed by atoms with Crippen LogP contribution in [0, 0.1) is 0 Å². The molecule has 0 unspecified atom stereocenters. The minimum absolute atomic E-state index is 0.0176. The Labute approximate surface area is 127 Å². The quantitative estimate of drug-likeness (QED) is 0.807. The van der Waals surface area contributed by atoms with Crippen molar-refractivity contribution in [3.8, 4) is 5.88 Å². The van der Waals surface area contributed by atoms with Crippen LogP contribution in [0.15, 0.2) is 54.9 Å². The summed E-state index contributed by atoms with van der Waals surface area (Å²) in [4.78, 5) is 21.6. The second kappa shape index (κ2) is 5.18. The zero-order valence-corrected chi connectivity index (χ0v) is 11.9. The number of aromatic amines is 1. The third kappa shape index (κ3) is 2.20. The van der Waals surface area contributed by atoms with Gasteiger partial charge in [-0.25, -0.2) is 4.98 Å². The van der Waals surface area contributed by atoms with E-state index in [4.69, 9.17) is 4.74 Å². The number of pyridine rings is 1. The molecule has 0 saturated carbocycles. The SMILES string of the molecule is O=C(c1c[nH]c2ccccc12)N1CC(Oc2ccccn2)C1. The number of fused-ring (bicyclic) bond motifs is 1. The molecule has 0 spiro atoms. The van der Waals surface area contributed by atoms with Crippen LogP contribution in [0.4, 0.5) is 0 Å². The molecule has 1 aliphatic rings. The van der Waals surface area contributed by atoms with Crippen molar-refractivity contribution in [2.45, 2.75) is 6.10 Å². The van der Waals surface area contributed by atoms with E-state index in [1.165, 1.54) is 0 Å². The molecule has 4 rings (SSSR count). The lowest BCUT2D eigenvalue weighted by Crippen LogP contribution is -2.56. The number of likely N-dealkylation sites (tertiary alicyclic amines) is 1. The number of amides is 1. The van der Waals surface area contributed by atoms with Crippen molar-refractivity contribution >= 4 is 16.8 Å². The molecule has 5 heteroatoms. The average molecular weight is 293 g/mol. The van der Waals surface area contributed by atoms with Crippen LogP contribution in [0.3, 0.4) is 0 Å². The molecule has 1 fully saturated rings. The minimum Gasteiger partial charge on any atom is -0.471 e. The summed E-state index contributed by atoms with van der Waals surface area (Å²) in [5.41, 5.74) is 1.69. The maximum absolute atomic E-state index is 12.5. The number of carbonyl (C=O) groups is 1. The number of hydrogen-bond acceptors (Lipinski definition) is 3. The van der Waals surface area contributed by atoms with Crippen LogP contribution in [0.25, 0.3) is 10.9 Å². The Morgan fingerprint density at radius 3 is 2.82 bits per heavy atom. The van der Waals surface area contributed by atoms with Crippen molar-refractivity contribution in [1.82, 2.24) is 14.9 Å². The Morgan fingerprint density at radius 2 is 2.00 bits per heavy atom. The van der Waals surface area contributed by atoms with Crippen LogP contribution >= 0.6 is 0 Å². The van der Waals surface area contributed by atoms with Gasteiger partial charge >= 0.3 is 0 Å². The summed E-state index contributed by atoms with van der Waals surface area (Å²) in [5.74, 6) is 0.644. The van der Waals surface area contributed by atoms with E-state index in [-0.39, 0.29) is 12.0 Å². The van der Waals surface area contributed by atoms with Gasteiger partial charge < -0.3 is 14.6 Å². The molecule has 22 heavy (non-hydrogen) atoms. The number of rotatable bonds is 3. The lowest BCUT2D eigenvalue weighted by Gasteiger charge is -2.38. The number of nitrogens with one attached hydrogen (secondary N) is 1. The molecular weight excluding hydrogens is 278 g/mol. The van der Waals surface area contributed by atoms with E-state index in [1.807, 2.05) is 42.5 Å². The van der Waals surface area contributed by atoms with Gasteiger partial charge in [0.25, 0.3) is 5.91 Å². The van der Waals surface area contributed by atoms with Gasteiger partial charge in [-0.15, -0.1) is 0 Å². The molecule has 0 aliphatic carbocycles. The fourth-order valence-electron chi connectivity index (χ4n) is 2.68. The molecule has 1 amide bonds. The maximum atomic E-state index is 12.5. The second-order valence-corrected chi connectivity index (χ2v) is 5.37. The number of nitrogens with zero attached hydrogens (tertiary/aromatic N) is 2. The standard InChI is InChI=1S/C17H15N3O2/c21-17(14-9-19-15-6-2-1-5-13(14)15)20-10-12(11-20)22-16-7-3-4-8-18-16/h1-9,12,19H,10-11H2. The van der Waals surface area contributed by atoms with Crippen molar-refractivity contribution in [3.05, 3.63) is 60.4 Å². The van der Waals surface area contributed by atoms with Crippen LogP contribution in [0.1, 0.15) is 10.4 Å². The average Bonchev–Trinajstić information content (AvgIpc) is 2.95. The second-order valence-electron chi connectivity index (χ2n) is 5.37. The first-order valence-electron chi connectivity index (χ1n) is 7.24. The molecule has 3 aromatic rings. The van der Waals surface area contributed by atoms with Crippen LogP contribution in [0.2, 0.25) is 0 Å². The molecule has 5 nitrogen and oxygen atoms in total. The first-order chi connectivity index (χ1) is 10.8. The van der Waals surface area contributed by atoms with Gasteiger partial charge in [-0.2, -0.15) is 0 Å². The summed E-state index contributed by atoms with van der Waals surface area (Å²) in [6.07, 6.45) is 3.49. The minimum atomic E-state index is 0.0176. The maximum Gasteiger partial charge on any atom is 0.256 e. The van der Waals surface area contributed by atoms with E-state index in [1.54, 1.807) is 17.3 Å². The topological polar surface area (TPSA) is 58.2 Å². The normalized spacial score (nSPS) is 14.8. The fourth-order valence-corrected chi connectivity index (χ4v) is 2.68. The Bertz CT molecular complexity index is 807. The number of carbonyl (C=O) groups excluding carboxylic acids is 1. The summed E-state index contributed by atoms with van der Waals surface area (Å²) < 4.78 is 5.72. The van der Waals surface area contributed by atoms with E-state index in [2.05, 4.69) is 9.97 Å². The Morgan fingerprint density at radius 1 is 1.18 bits per heavy atom. The molecule has 110 valence electrons. The van der Waals surface area contributed by atoms with Crippen molar-refractivity contribution < 1.29 is 9.53 Å². The first kappa shape index (κ1) is 12.9. The third-order valence-electron chi connectivity index (χ3n) is 3.88. The zero-order chi connectivity index (χ0) is 14.9. The third-order valence-corrected chi connectivity index (χ3v) is 3.88. The summed E-state index contributed by atoms with van der Waals surface area (Å²) in [5, 5.41) is 0.960. The Balaban J connectivity index is 1.43. The van der Waals surface area contributed by atoms with Crippen LogP contribution in [0.5, 0.6) is 5.88 Å². The van der Waals surface area contributed by atoms with Gasteiger partial charge in [-0.05, 0) is 12.1 Å². The molecule has 1 N–H and O–H groups in total. The molecule has 0 bridgehead atoms. The molecule has 0 atom stereocenters. The summed E-state index contributed by atoms with van der Waals surface area (Å²) in [6.45, 7) is 1.18. The molecule has 1 aliphatic heterocycles. The zero-order valence-electron chi connectivity index (χ0n) is 11.9. The number of para-hydroxylation sites is 1. The molecule has 0 radical (unpaired) electrons. The predicted octanol–water partition coefficient (Wildman–Crippen LogP) is 2.47. The molecule has 2 aromatic heterocycles. The van der Waals surface area contributed by atoms with Crippen molar-refractivity contribution in [3.63, 3.8) is 0 Å². The van der Waals surface area contributed by atoms with Crippen molar-refractivity contribution in [2.24, 2.45) is 0 Å². The summed E-state index contributed by atoms with van der Waals surface area (Å²) in [7, 11) is 0. The van der Waals surface area contributed by atoms with Gasteiger partial charge in [0.1, 0.15) is 6.10 Å². The fraction of sp³-hybridized carbons (Fsp3) is 0.176. The van der Waals surface area contributed by atoms with Gasteiger partial charge in [0.05, 0.1) is 18.7 Å². The van der Waals surface area contributed by atoms with Gasteiger partial charge in [0, 0.05) is 29.4 Å². The van der Waals surface area contributed by atoms with Gasteiger partial charge in [-0.3, -0.25) is 4.79 Å². The van der Waals surface area contributed by atoms with Crippen LogP contribution in [-0.4, -0.2) is 40.0 Å². The summed E-state index contributed by atoms with van der Waals surface area (Å²) in [6, 6.07) is 13.4. The lowest BCUT2D eigenvalue weighted by molar-refractivity contribution is 0.0161. The summed E-state index contributed by atoms with van der Waals surface area (Å²) >= 11 is 0. The lowest BCUT2D eigenvalue weighted by atomic mass is 10.1. The number of hydrogen-bond donors (Lipinski definition) is 1. The Hall–Kier alpha value is -2.82. The van der Waals surface area contributed by atoms with E-state index in [0.29, 0.717) is 24.5 Å². The van der Waals surface area contributed by atoms with Crippen LogP contribution in [-0.2, 0) is 0 Å². The van der Waals surface area contributed by atoms with Crippen molar-refractivity contribution in [1.29, 1.82) is 0 Å². The van der Waals surface area contributed by atoms with Gasteiger partial charge in [-0.1, -0.05) is 24.3 Å². The monoisotopic (exact) mass is 293 g/mol. The van der Waals surface area contributed by atoms with Gasteiger partial charge in [0.2, 0.25) is 5.88 Å². The van der Waals surface area contributed by atoms with E-state index in [9.17, 15) is 4.79 Å². The predicted molar refractivity (Wildman–Crippen MR) is 82.9 cm³/mol. The van der Waals surface area contributed by atoms with Gasteiger partial charge in [0.15, 0.2) is 0 Å². The highest BCUT2D eigenvalue weighted by atomic mass is 16.5.